The molecule has 140 valence electrons. The van der Waals surface area contributed by atoms with Crippen LogP contribution in [-0.2, 0) is 14.3 Å². The fourth-order valence-electron chi connectivity index (χ4n) is 7.18. The van der Waals surface area contributed by atoms with E-state index in [9.17, 15) is 14.9 Å². The van der Waals surface area contributed by atoms with Crippen molar-refractivity contribution in [1.82, 2.24) is 0 Å². The van der Waals surface area contributed by atoms with Crippen molar-refractivity contribution < 1.29 is 14.3 Å². The minimum atomic E-state index is -0.964. The van der Waals surface area contributed by atoms with Gasteiger partial charge in [0.05, 0.1) is 0 Å². The van der Waals surface area contributed by atoms with Crippen molar-refractivity contribution in [3.05, 3.63) is 11.6 Å². The summed E-state index contributed by atoms with van der Waals surface area (Å²) in [5.41, 5.74) is 0.283. The number of allylic oxidation sites excluding steroid dienone is 1. The van der Waals surface area contributed by atoms with E-state index >= 15 is 0 Å². The summed E-state index contributed by atoms with van der Waals surface area (Å²) in [4.78, 5) is 23.6. The van der Waals surface area contributed by atoms with Gasteiger partial charge in [0.2, 0.25) is 5.60 Å². The number of nitriles is 1. The Bertz CT molecular complexity index is 734. The van der Waals surface area contributed by atoms with Gasteiger partial charge < -0.3 is 4.74 Å². The predicted octanol–water partition coefficient (Wildman–Crippen LogP) is 4.34. The topological polar surface area (TPSA) is 67.2 Å². The molecule has 0 heterocycles. The first kappa shape index (κ1) is 17.8. The molecule has 6 atom stereocenters. The van der Waals surface area contributed by atoms with Crippen LogP contribution in [0, 0.1) is 39.9 Å². The minimum Gasteiger partial charge on any atom is -0.443 e. The average molecular weight is 355 g/mol. The first-order valence-electron chi connectivity index (χ1n) is 10.1. The summed E-state index contributed by atoms with van der Waals surface area (Å²) in [6.45, 7) is 5.97. The monoisotopic (exact) mass is 355 g/mol. The largest absolute Gasteiger partial charge is 0.443 e. The van der Waals surface area contributed by atoms with Gasteiger partial charge in [-0.15, -0.1) is 0 Å². The van der Waals surface area contributed by atoms with E-state index in [1.54, 1.807) is 0 Å². The van der Waals surface area contributed by atoms with E-state index in [0.717, 1.165) is 38.5 Å². The Morgan fingerprint density at radius 1 is 1.15 bits per heavy atom. The Kier molecular flexibility index (Phi) is 3.88. The minimum absolute atomic E-state index is 0.136. The van der Waals surface area contributed by atoms with E-state index in [2.05, 4.69) is 19.9 Å². The molecule has 0 radical (unpaired) electrons. The summed E-state index contributed by atoms with van der Waals surface area (Å²) in [6.07, 6.45) is 9.28. The number of rotatable bonds is 1. The lowest BCUT2D eigenvalue weighted by Crippen LogP contribution is -2.55. The van der Waals surface area contributed by atoms with E-state index in [-0.39, 0.29) is 22.6 Å². The number of carbonyl (C=O) groups excluding carboxylic acids is 2. The zero-order valence-corrected chi connectivity index (χ0v) is 16.1. The van der Waals surface area contributed by atoms with Gasteiger partial charge >= 0.3 is 5.97 Å². The maximum absolute atomic E-state index is 11.9. The molecular formula is C22H29NO3. The molecule has 4 heteroatoms. The van der Waals surface area contributed by atoms with E-state index in [4.69, 9.17) is 4.74 Å². The molecule has 0 aliphatic heterocycles. The predicted molar refractivity (Wildman–Crippen MR) is 96.8 cm³/mol. The third-order valence-electron chi connectivity index (χ3n) is 8.58. The van der Waals surface area contributed by atoms with E-state index < -0.39 is 5.60 Å². The van der Waals surface area contributed by atoms with Crippen LogP contribution in [0.15, 0.2) is 11.6 Å². The Hall–Kier alpha value is -1.63. The molecule has 0 aromatic carbocycles. The zero-order chi connectivity index (χ0) is 18.7. The highest BCUT2D eigenvalue weighted by molar-refractivity contribution is 5.91. The quantitative estimate of drug-likeness (QED) is 0.656. The van der Waals surface area contributed by atoms with Gasteiger partial charge in [0.1, 0.15) is 6.07 Å². The first-order chi connectivity index (χ1) is 12.3. The highest BCUT2D eigenvalue weighted by Crippen LogP contribution is 2.68. The van der Waals surface area contributed by atoms with Crippen molar-refractivity contribution in [2.75, 3.05) is 0 Å². The van der Waals surface area contributed by atoms with Crippen LogP contribution in [-0.4, -0.2) is 17.4 Å². The summed E-state index contributed by atoms with van der Waals surface area (Å²) in [5.74, 6) is 1.52. The lowest BCUT2D eigenvalue weighted by Gasteiger charge is -2.58. The van der Waals surface area contributed by atoms with Crippen LogP contribution >= 0.6 is 0 Å². The van der Waals surface area contributed by atoms with Crippen LogP contribution in [0.1, 0.15) is 72.1 Å². The van der Waals surface area contributed by atoms with E-state index in [1.807, 2.05) is 6.08 Å². The Balaban J connectivity index is 1.69. The van der Waals surface area contributed by atoms with E-state index in [0.29, 0.717) is 30.6 Å². The molecule has 0 N–H and O–H groups in total. The second-order valence-corrected chi connectivity index (χ2v) is 9.50. The molecule has 0 aromatic rings. The van der Waals surface area contributed by atoms with E-state index in [1.165, 1.54) is 12.5 Å². The Labute approximate surface area is 156 Å². The molecule has 0 bridgehead atoms. The molecule has 4 aliphatic carbocycles. The molecule has 0 amide bonds. The molecule has 3 saturated carbocycles. The Morgan fingerprint density at radius 3 is 2.58 bits per heavy atom. The number of esters is 1. The van der Waals surface area contributed by atoms with Gasteiger partial charge in [0.15, 0.2) is 5.78 Å². The molecule has 0 aromatic heterocycles. The molecule has 0 spiro atoms. The molecule has 0 saturated heterocycles. The van der Waals surface area contributed by atoms with Crippen LogP contribution in [0.4, 0.5) is 0 Å². The highest BCUT2D eigenvalue weighted by atomic mass is 16.6. The van der Waals surface area contributed by atoms with Crippen molar-refractivity contribution in [2.45, 2.75) is 77.7 Å². The summed E-state index contributed by atoms with van der Waals surface area (Å²) in [7, 11) is 0. The third kappa shape index (κ3) is 2.19. The molecule has 26 heavy (non-hydrogen) atoms. The molecular weight excluding hydrogens is 326 g/mol. The van der Waals surface area contributed by atoms with Crippen molar-refractivity contribution in [1.29, 1.82) is 5.26 Å². The number of carbonyl (C=O) groups is 2. The third-order valence-corrected chi connectivity index (χ3v) is 8.58. The maximum Gasteiger partial charge on any atom is 0.304 e. The first-order valence-corrected chi connectivity index (χ1v) is 10.1. The number of hydrogen-bond donors (Lipinski definition) is 0. The normalized spacial score (nSPS) is 47.1. The summed E-state index contributed by atoms with van der Waals surface area (Å²) in [5, 5.41) is 9.96. The van der Waals surface area contributed by atoms with Crippen molar-refractivity contribution in [2.24, 2.45) is 28.6 Å². The van der Waals surface area contributed by atoms with Crippen molar-refractivity contribution in [3.8, 4) is 6.07 Å². The number of ketones is 1. The van der Waals surface area contributed by atoms with Crippen LogP contribution in [0.3, 0.4) is 0 Å². The van der Waals surface area contributed by atoms with Crippen LogP contribution in [0.2, 0.25) is 0 Å². The second kappa shape index (κ2) is 5.68. The summed E-state index contributed by atoms with van der Waals surface area (Å²) >= 11 is 0. The van der Waals surface area contributed by atoms with Gasteiger partial charge in [-0.1, -0.05) is 19.4 Å². The van der Waals surface area contributed by atoms with Gasteiger partial charge in [-0.3, -0.25) is 9.59 Å². The smallest absolute Gasteiger partial charge is 0.304 e. The second-order valence-electron chi connectivity index (χ2n) is 9.50. The van der Waals surface area contributed by atoms with Gasteiger partial charge in [-0.05, 0) is 67.8 Å². The average Bonchev–Trinajstić information content (AvgIpc) is 2.88. The summed E-state index contributed by atoms with van der Waals surface area (Å²) in [6, 6.07) is 2.42. The molecule has 4 nitrogen and oxygen atoms in total. The van der Waals surface area contributed by atoms with Crippen molar-refractivity contribution in [3.63, 3.8) is 0 Å². The molecule has 6 unspecified atom stereocenters. The number of fused-ring (bicyclic) bond motifs is 5. The van der Waals surface area contributed by atoms with Crippen molar-refractivity contribution >= 4 is 11.8 Å². The molecule has 4 rings (SSSR count). The van der Waals surface area contributed by atoms with Gasteiger partial charge in [0.25, 0.3) is 0 Å². The van der Waals surface area contributed by atoms with Gasteiger partial charge in [-0.25, -0.2) is 0 Å². The summed E-state index contributed by atoms with van der Waals surface area (Å²) < 4.78 is 5.69. The fraction of sp³-hybridized carbons (Fsp3) is 0.773. The number of hydrogen-bond acceptors (Lipinski definition) is 4. The van der Waals surface area contributed by atoms with Gasteiger partial charge in [0, 0.05) is 25.2 Å². The standard InChI is InChI=1S/C22H29NO3/c1-14(24)26-22(13-23)11-8-19-17-5-4-15-12-16(25)6-9-20(15,2)18(17)7-10-21(19,22)3/h12,17-19H,4-11H2,1-3H3. The SMILES string of the molecule is CC(=O)OC1(C#N)CCC2C3CCC4=CC(=O)CCC4(C)C3CCC21C. The van der Waals surface area contributed by atoms with Crippen LogP contribution in [0.25, 0.3) is 0 Å². The lowest BCUT2D eigenvalue weighted by atomic mass is 9.46. The number of nitrogens with zero attached hydrogens (tertiary/aromatic N) is 1. The Morgan fingerprint density at radius 2 is 1.88 bits per heavy atom. The maximum atomic E-state index is 11.9. The number of ether oxygens (including phenoxy) is 1. The van der Waals surface area contributed by atoms with Crippen LogP contribution in [0.5, 0.6) is 0 Å². The van der Waals surface area contributed by atoms with Gasteiger partial charge in [-0.2, -0.15) is 5.26 Å². The fourth-order valence-corrected chi connectivity index (χ4v) is 7.18. The van der Waals surface area contributed by atoms with Crippen LogP contribution < -0.4 is 0 Å². The zero-order valence-electron chi connectivity index (χ0n) is 16.1. The molecule has 3 fully saturated rings. The molecule has 4 aliphatic rings. The highest BCUT2D eigenvalue weighted by Gasteiger charge is 2.66. The lowest BCUT2D eigenvalue weighted by molar-refractivity contribution is -0.169.